The second kappa shape index (κ2) is 4.39. The molecule has 2 heteroatoms. The summed E-state index contributed by atoms with van der Waals surface area (Å²) in [5, 5.41) is 1.29. The molecule has 80 valence electrons. The van der Waals surface area contributed by atoms with Crippen LogP contribution >= 0.6 is 0 Å². The van der Waals surface area contributed by atoms with E-state index in [4.69, 9.17) is 4.74 Å². The molecule has 1 aromatic carbocycles. The van der Waals surface area contributed by atoms with Crippen LogP contribution in [0.3, 0.4) is 0 Å². The molecule has 1 heterocycles. The molecule has 1 aromatic heterocycles. The zero-order valence-corrected chi connectivity index (χ0v) is 9.34. The van der Waals surface area contributed by atoms with Crippen LogP contribution in [-0.2, 0) is 6.42 Å². The summed E-state index contributed by atoms with van der Waals surface area (Å²) in [6.45, 7) is 2.22. The van der Waals surface area contributed by atoms with Crippen molar-refractivity contribution >= 4 is 10.9 Å². The zero-order valence-electron chi connectivity index (χ0n) is 9.34. The minimum Gasteiger partial charge on any atom is -0.497 e. The van der Waals surface area contributed by atoms with Gasteiger partial charge in [0.25, 0.3) is 0 Å². The molecule has 0 radical (unpaired) electrons. The SMILES string of the molecule is CCCCc1c[nH]c2ccc(OC)cc12. The second-order valence-electron chi connectivity index (χ2n) is 3.83. The Bertz CT molecular complexity index is 445. The van der Waals surface area contributed by atoms with E-state index in [1.54, 1.807) is 7.11 Å². The van der Waals surface area contributed by atoms with Crippen LogP contribution in [0.5, 0.6) is 5.75 Å². The zero-order chi connectivity index (χ0) is 10.7. The molecule has 0 bridgehead atoms. The third-order valence-corrected chi connectivity index (χ3v) is 2.77. The Morgan fingerprint density at radius 3 is 2.93 bits per heavy atom. The molecule has 0 atom stereocenters. The van der Waals surface area contributed by atoms with Gasteiger partial charge < -0.3 is 9.72 Å². The lowest BCUT2D eigenvalue weighted by atomic mass is 10.1. The van der Waals surface area contributed by atoms with E-state index in [1.165, 1.54) is 29.3 Å². The minimum atomic E-state index is 0.930. The number of unbranched alkanes of at least 4 members (excludes halogenated alkanes) is 1. The molecule has 0 saturated carbocycles. The van der Waals surface area contributed by atoms with Crippen LogP contribution in [0.1, 0.15) is 25.3 Å². The average Bonchev–Trinajstić information content (AvgIpc) is 2.68. The van der Waals surface area contributed by atoms with E-state index >= 15 is 0 Å². The van der Waals surface area contributed by atoms with Crippen LogP contribution in [0.15, 0.2) is 24.4 Å². The number of aromatic amines is 1. The number of hydrogen-bond donors (Lipinski definition) is 1. The summed E-state index contributed by atoms with van der Waals surface area (Å²) in [5.74, 6) is 0.930. The van der Waals surface area contributed by atoms with Crippen molar-refractivity contribution in [1.82, 2.24) is 4.98 Å². The maximum absolute atomic E-state index is 5.24. The molecule has 0 saturated heterocycles. The lowest BCUT2D eigenvalue weighted by Gasteiger charge is -2.01. The molecule has 0 fully saturated rings. The quantitative estimate of drug-likeness (QED) is 0.808. The van der Waals surface area contributed by atoms with E-state index in [2.05, 4.69) is 30.2 Å². The summed E-state index contributed by atoms with van der Waals surface area (Å²) in [4.78, 5) is 3.29. The van der Waals surface area contributed by atoms with Crippen molar-refractivity contribution < 1.29 is 4.74 Å². The molecule has 2 aromatic rings. The van der Waals surface area contributed by atoms with Gasteiger partial charge in [-0.05, 0) is 36.6 Å². The van der Waals surface area contributed by atoms with Crippen LogP contribution in [-0.4, -0.2) is 12.1 Å². The number of H-pyrrole nitrogens is 1. The van der Waals surface area contributed by atoms with E-state index in [-0.39, 0.29) is 0 Å². The summed E-state index contributed by atoms with van der Waals surface area (Å²) in [6, 6.07) is 6.17. The van der Waals surface area contributed by atoms with Crippen molar-refractivity contribution in [3.05, 3.63) is 30.0 Å². The van der Waals surface area contributed by atoms with Crippen LogP contribution < -0.4 is 4.74 Å². The lowest BCUT2D eigenvalue weighted by Crippen LogP contribution is -1.84. The number of methoxy groups -OCH3 is 1. The minimum absolute atomic E-state index is 0.930. The number of benzene rings is 1. The van der Waals surface area contributed by atoms with Gasteiger partial charge in [0, 0.05) is 17.1 Å². The number of rotatable bonds is 4. The van der Waals surface area contributed by atoms with E-state index in [9.17, 15) is 0 Å². The predicted octanol–water partition coefficient (Wildman–Crippen LogP) is 3.52. The van der Waals surface area contributed by atoms with Gasteiger partial charge in [0.15, 0.2) is 0 Å². The highest BCUT2D eigenvalue weighted by molar-refractivity contribution is 5.84. The highest BCUT2D eigenvalue weighted by Crippen LogP contribution is 2.24. The Labute approximate surface area is 90.3 Å². The van der Waals surface area contributed by atoms with Crippen molar-refractivity contribution in [3.8, 4) is 5.75 Å². The third kappa shape index (κ3) is 1.99. The van der Waals surface area contributed by atoms with Gasteiger partial charge in [-0.1, -0.05) is 13.3 Å². The van der Waals surface area contributed by atoms with Crippen LogP contribution in [0.25, 0.3) is 10.9 Å². The van der Waals surface area contributed by atoms with E-state index in [1.807, 2.05) is 6.07 Å². The Morgan fingerprint density at radius 1 is 1.33 bits per heavy atom. The normalized spacial score (nSPS) is 10.8. The first kappa shape index (κ1) is 10.1. The fourth-order valence-electron chi connectivity index (χ4n) is 1.86. The van der Waals surface area contributed by atoms with E-state index in [0.717, 1.165) is 12.2 Å². The molecule has 0 unspecified atom stereocenters. The number of hydrogen-bond acceptors (Lipinski definition) is 1. The third-order valence-electron chi connectivity index (χ3n) is 2.77. The molecule has 0 aliphatic rings. The van der Waals surface area contributed by atoms with Gasteiger partial charge in [0.1, 0.15) is 5.75 Å². The van der Waals surface area contributed by atoms with Gasteiger partial charge in [-0.25, -0.2) is 0 Å². The molecular weight excluding hydrogens is 186 g/mol. The Kier molecular flexibility index (Phi) is 2.95. The topological polar surface area (TPSA) is 25.0 Å². The first-order valence-corrected chi connectivity index (χ1v) is 5.49. The van der Waals surface area contributed by atoms with Gasteiger partial charge in [-0.15, -0.1) is 0 Å². The molecule has 2 nitrogen and oxygen atoms in total. The summed E-state index contributed by atoms with van der Waals surface area (Å²) in [6.07, 6.45) is 5.73. The maximum Gasteiger partial charge on any atom is 0.119 e. The largest absolute Gasteiger partial charge is 0.497 e. The van der Waals surface area contributed by atoms with Gasteiger partial charge in [0.05, 0.1) is 7.11 Å². The fourth-order valence-corrected chi connectivity index (χ4v) is 1.86. The molecule has 2 rings (SSSR count). The average molecular weight is 203 g/mol. The summed E-state index contributed by atoms with van der Waals surface area (Å²) in [5.41, 5.74) is 2.59. The second-order valence-corrected chi connectivity index (χ2v) is 3.83. The first-order valence-electron chi connectivity index (χ1n) is 5.49. The van der Waals surface area contributed by atoms with Crippen molar-refractivity contribution in [2.75, 3.05) is 7.11 Å². The van der Waals surface area contributed by atoms with E-state index in [0.29, 0.717) is 0 Å². The summed E-state index contributed by atoms with van der Waals surface area (Å²) in [7, 11) is 1.71. The summed E-state index contributed by atoms with van der Waals surface area (Å²) < 4.78 is 5.24. The molecule has 0 aliphatic carbocycles. The molecule has 0 amide bonds. The Balaban J connectivity index is 2.38. The highest BCUT2D eigenvalue weighted by atomic mass is 16.5. The molecule has 15 heavy (non-hydrogen) atoms. The fraction of sp³-hybridized carbons (Fsp3) is 0.385. The van der Waals surface area contributed by atoms with Crippen LogP contribution in [0.2, 0.25) is 0 Å². The molecule has 0 spiro atoms. The van der Waals surface area contributed by atoms with Gasteiger partial charge in [-0.2, -0.15) is 0 Å². The summed E-state index contributed by atoms with van der Waals surface area (Å²) >= 11 is 0. The first-order chi connectivity index (χ1) is 7.35. The number of ether oxygens (including phenoxy) is 1. The maximum atomic E-state index is 5.24. The van der Waals surface area contributed by atoms with Crippen LogP contribution in [0, 0.1) is 0 Å². The van der Waals surface area contributed by atoms with E-state index < -0.39 is 0 Å². The number of nitrogens with one attached hydrogen (secondary N) is 1. The van der Waals surface area contributed by atoms with Crippen molar-refractivity contribution in [2.45, 2.75) is 26.2 Å². The van der Waals surface area contributed by atoms with Crippen molar-refractivity contribution in [3.63, 3.8) is 0 Å². The number of aryl methyl sites for hydroxylation is 1. The standard InChI is InChI=1S/C13H17NO/c1-3-4-5-10-9-14-13-7-6-11(15-2)8-12(10)13/h6-9,14H,3-5H2,1-2H3. The number of aromatic nitrogens is 1. The van der Waals surface area contributed by atoms with Crippen molar-refractivity contribution in [1.29, 1.82) is 0 Å². The van der Waals surface area contributed by atoms with Gasteiger partial charge >= 0.3 is 0 Å². The lowest BCUT2D eigenvalue weighted by molar-refractivity contribution is 0.415. The molecule has 1 N–H and O–H groups in total. The van der Waals surface area contributed by atoms with Gasteiger partial charge in [-0.3, -0.25) is 0 Å². The monoisotopic (exact) mass is 203 g/mol. The molecule has 0 aliphatic heterocycles. The van der Waals surface area contributed by atoms with Crippen molar-refractivity contribution in [2.24, 2.45) is 0 Å². The predicted molar refractivity (Wildman–Crippen MR) is 63.5 cm³/mol. The molecular formula is C13H17NO. The highest BCUT2D eigenvalue weighted by Gasteiger charge is 2.04. The Morgan fingerprint density at radius 2 is 2.20 bits per heavy atom. The smallest absolute Gasteiger partial charge is 0.119 e. The van der Waals surface area contributed by atoms with Gasteiger partial charge in [0.2, 0.25) is 0 Å². The number of fused-ring (bicyclic) bond motifs is 1. The van der Waals surface area contributed by atoms with Crippen LogP contribution in [0.4, 0.5) is 0 Å². The Hall–Kier alpha value is -1.44.